The Morgan fingerprint density at radius 2 is 0.682 bits per heavy atom. The maximum absolute atomic E-state index is 5.54. The van der Waals surface area contributed by atoms with E-state index in [1.54, 1.807) is 22.3 Å². The highest BCUT2D eigenvalue weighted by molar-refractivity contribution is 5.97. The van der Waals surface area contributed by atoms with Gasteiger partial charge in [-0.25, -0.2) is 9.97 Å². The van der Waals surface area contributed by atoms with Crippen LogP contribution in [0.1, 0.15) is 86.5 Å². The number of benzene rings is 8. The Morgan fingerprint density at radius 3 is 1.29 bits per heavy atom. The summed E-state index contributed by atoms with van der Waals surface area (Å²) in [5.41, 5.74) is 25.2. The normalized spacial score (nSPS) is 16.1. The van der Waals surface area contributed by atoms with Crippen LogP contribution in [-0.2, 0) is 10.8 Å². The van der Waals surface area contributed by atoms with Crippen LogP contribution >= 0.6 is 0 Å². The van der Waals surface area contributed by atoms with Crippen LogP contribution in [0.2, 0.25) is 0 Å². The lowest BCUT2D eigenvalue weighted by Crippen LogP contribution is -2.29. The van der Waals surface area contributed by atoms with Gasteiger partial charge in [-0.2, -0.15) is 0 Å². The van der Waals surface area contributed by atoms with E-state index in [9.17, 15) is 0 Å². The van der Waals surface area contributed by atoms with Crippen molar-refractivity contribution in [2.75, 3.05) is 0 Å². The molecule has 4 aliphatic carbocycles. The number of nitrogens with zero attached hydrogens (tertiary/aromatic N) is 2. The Balaban J connectivity index is 0.921. The molecule has 13 rings (SSSR count). The topological polar surface area (TPSA) is 25.8 Å². The second kappa shape index (κ2) is 15.8. The number of hydrogen-bond donors (Lipinski definition) is 0. The fourth-order valence-electron chi connectivity index (χ4n) is 12.8. The Kier molecular flexibility index (Phi) is 9.38. The second-order valence-corrected chi connectivity index (χ2v) is 19.4. The molecular formula is C64H52N2. The minimum atomic E-state index is 0.0762. The molecule has 0 atom stereocenters. The van der Waals surface area contributed by atoms with Gasteiger partial charge in [-0.15, -0.1) is 0 Å². The highest BCUT2D eigenvalue weighted by atomic mass is 14.9. The molecule has 0 radical (unpaired) electrons. The Morgan fingerprint density at radius 1 is 0.258 bits per heavy atom. The predicted molar refractivity (Wildman–Crippen MR) is 273 cm³/mol. The summed E-state index contributed by atoms with van der Waals surface area (Å²) in [4.78, 5) is 11.0. The summed E-state index contributed by atoms with van der Waals surface area (Å²) >= 11 is 0. The van der Waals surface area contributed by atoms with Crippen molar-refractivity contribution in [2.45, 2.75) is 75.0 Å². The molecule has 318 valence electrons. The van der Waals surface area contributed by atoms with Gasteiger partial charge in [0.15, 0.2) is 0 Å². The predicted octanol–water partition coefficient (Wildman–Crippen LogP) is 16.9. The fourth-order valence-corrected chi connectivity index (χ4v) is 12.8. The molecule has 0 aliphatic heterocycles. The van der Waals surface area contributed by atoms with Crippen LogP contribution in [0.25, 0.3) is 89.5 Å². The summed E-state index contributed by atoms with van der Waals surface area (Å²) in [5.74, 6) is 0. The molecular weight excluding hydrogens is 797 g/mol. The Hall–Kier alpha value is -7.16. The SMILES string of the molecule is c1ccc(-c2nc(-c3ccccc3)c(-c3cccc(-c4ccc(-c5cccc6c5-c5cc7c(cc5C65CCCCC5)-c5ccccc5C75CCCCC5)cc4)c3)nc2-c2ccccc2)cc1. The van der Waals surface area contributed by atoms with Gasteiger partial charge in [-0.3, -0.25) is 0 Å². The lowest BCUT2D eigenvalue weighted by molar-refractivity contribution is 0.350. The molecule has 9 aromatic rings. The smallest absolute Gasteiger partial charge is 0.0973 e. The maximum Gasteiger partial charge on any atom is 0.0973 e. The van der Waals surface area contributed by atoms with Gasteiger partial charge in [0.25, 0.3) is 0 Å². The molecule has 2 saturated carbocycles. The van der Waals surface area contributed by atoms with Crippen molar-refractivity contribution in [1.82, 2.24) is 9.97 Å². The van der Waals surface area contributed by atoms with E-state index in [1.165, 1.54) is 103 Å². The maximum atomic E-state index is 5.54. The third-order valence-electron chi connectivity index (χ3n) is 15.9. The molecule has 1 aromatic heterocycles. The van der Waals surface area contributed by atoms with Gasteiger partial charge < -0.3 is 0 Å². The number of rotatable bonds is 6. The zero-order chi connectivity index (χ0) is 43.7. The average molecular weight is 849 g/mol. The highest BCUT2D eigenvalue weighted by Crippen LogP contribution is 2.63. The molecule has 0 amide bonds. The Labute approximate surface area is 389 Å². The number of aromatic nitrogens is 2. The zero-order valence-corrected chi connectivity index (χ0v) is 37.4. The van der Waals surface area contributed by atoms with Crippen molar-refractivity contribution in [3.8, 4) is 89.5 Å². The molecule has 66 heavy (non-hydrogen) atoms. The number of hydrogen-bond acceptors (Lipinski definition) is 2. The van der Waals surface area contributed by atoms with E-state index in [0.29, 0.717) is 0 Å². The highest BCUT2D eigenvalue weighted by Gasteiger charge is 2.49. The van der Waals surface area contributed by atoms with Crippen molar-refractivity contribution < 1.29 is 0 Å². The lowest BCUT2D eigenvalue weighted by atomic mass is 9.66. The molecule has 2 spiro atoms. The summed E-state index contributed by atoms with van der Waals surface area (Å²) in [6.45, 7) is 0. The summed E-state index contributed by atoms with van der Waals surface area (Å²) in [5, 5.41) is 0. The van der Waals surface area contributed by atoms with Gasteiger partial charge in [0.05, 0.1) is 22.8 Å². The minimum Gasteiger partial charge on any atom is -0.243 e. The first-order chi connectivity index (χ1) is 32.7. The van der Waals surface area contributed by atoms with Crippen LogP contribution in [-0.4, -0.2) is 9.97 Å². The quantitative estimate of drug-likeness (QED) is 0.167. The summed E-state index contributed by atoms with van der Waals surface area (Å²) < 4.78 is 0. The average Bonchev–Trinajstić information content (AvgIpc) is 3.81. The third kappa shape index (κ3) is 6.14. The van der Waals surface area contributed by atoms with E-state index >= 15 is 0 Å². The van der Waals surface area contributed by atoms with Gasteiger partial charge in [0, 0.05) is 33.1 Å². The summed E-state index contributed by atoms with van der Waals surface area (Å²) in [7, 11) is 0. The zero-order valence-electron chi connectivity index (χ0n) is 37.4. The molecule has 0 N–H and O–H groups in total. The van der Waals surface area contributed by atoms with Crippen molar-refractivity contribution >= 4 is 0 Å². The minimum absolute atomic E-state index is 0.0762. The van der Waals surface area contributed by atoms with Crippen molar-refractivity contribution in [3.05, 3.63) is 216 Å². The van der Waals surface area contributed by atoms with Crippen molar-refractivity contribution in [2.24, 2.45) is 0 Å². The summed E-state index contributed by atoms with van der Waals surface area (Å²) in [6.07, 6.45) is 12.8. The molecule has 1 heterocycles. The molecule has 2 fully saturated rings. The number of fused-ring (bicyclic) bond motifs is 10. The van der Waals surface area contributed by atoms with E-state index in [-0.39, 0.29) is 10.8 Å². The molecule has 2 nitrogen and oxygen atoms in total. The van der Waals surface area contributed by atoms with Gasteiger partial charge in [-0.1, -0.05) is 214 Å². The first-order valence-corrected chi connectivity index (χ1v) is 24.4. The van der Waals surface area contributed by atoms with Crippen LogP contribution in [0.4, 0.5) is 0 Å². The van der Waals surface area contributed by atoms with E-state index in [1.807, 2.05) is 0 Å². The van der Waals surface area contributed by atoms with Crippen LogP contribution in [0.15, 0.2) is 194 Å². The fraction of sp³-hybridized carbons (Fsp3) is 0.188. The van der Waals surface area contributed by atoms with Crippen molar-refractivity contribution in [1.29, 1.82) is 0 Å². The molecule has 4 aliphatic rings. The monoisotopic (exact) mass is 848 g/mol. The van der Waals surface area contributed by atoms with E-state index < -0.39 is 0 Å². The van der Waals surface area contributed by atoms with Crippen molar-refractivity contribution in [3.63, 3.8) is 0 Å². The van der Waals surface area contributed by atoms with E-state index in [4.69, 9.17) is 9.97 Å². The van der Waals surface area contributed by atoms with Gasteiger partial charge in [0.2, 0.25) is 0 Å². The first kappa shape index (κ1) is 39.2. The largest absolute Gasteiger partial charge is 0.243 e. The van der Waals surface area contributed by atoms with Gasteiger partial charge in [-0.05, 0) is 111 Å². The molecule has 0 unspecified atom stereocenters. The van der Waals surface area contributed by atoms with Crippen LogP contribution in [0.5, 0.6) is 0 Å². The van der Waals surface area contributed by atoms with Crippen LogP contribution < -0.4 is 0 Å². The van der Waals surface area contributed by atoms with Gasteiger partial charge in [0.1, 0.15) is 0 Å². The lowest BCUT2D eigenvalue weighted by Gasteiger charge is -2.37. The standard InChI is InChI=1S/C64H52N2/c1-6-20-45(21-7-1)59-60(46-22-8-2-9-23-46)66-62(61(65-59)47-24-10-3-11-25-47)49-27-18-26-48(40-49)43-32-34-44(35-33-43)50-29-19-31-55-58(50)53-42-56-52(41-57(53)64(55)38-16-5-17-39-64)51-28-12-13-30-54(51)63(56)36-14-4-15-37-63/h1-3,6-13,18-35,40-42H,4-5,14-17,36-39H2. The molecule has 0 bridgehead atoms. The van der Waals surface area contributed by atoms with Gasteiger partial charge >= 0.3 is 0 Å². The molecule has 8 aromatic carbocycles. The van der Waals surface area contributed by atoms with Crippen LogP contribution in [0.3, 0.4) is 0 Å². The summed E-state index contributed by atoms with van der Waals surface area (Å²) in [6, 6.07) is 71.8. The Bertz CT molecular complexity index is 3280. The van der Waals surface area contributed by atoms with E-state index in [0.717, 1.165) is 50.6 Å². The first-order valence-electron chi connectivity index (χ1n) is 24.4. The molecule has 2 heteroatoms. The van der Waals surface area contributed by atoms with Crippen LogP contribution in [0, 0.1) is 0 Å². The molecule has 0 saturated heterocycles. The van der Waals surface area contributed by atoms with E-state index in [2.05, 4.69) is 194 Å². The second-order valence-electron chi connectivity index (χ2n) is 19.4. The third-order valence-corrected chi connectivity index (χ3v) is 15.9.